The van der Waals surface area contributed by atoms with E-state index in [0.717, 1.165) is 11.3 Å². The molecule has 0 aliphatic rings. The van der Waals surface area contributed by atoms with E-state index in [9.17, 15) is 0 Å². The van der Waals surface area contributed by atoms with Gasteiger partial charge in [0.2, 0.25) is 0 Å². The number of benzene rings is 1. The zero-order chi connectivity index (χ0) is 16.9. The Labute approximate surface area is 143 Å². The predicted octanol–water partition coefficient (Wildman–Crippen LogP) is 3.42. The van der Waals surface area contributed by atoms with Crippen LogP contribution in [-0.4, -0.2) is 13.4 Å². The zero-order valence-electron chi connectivity index (χ0n) is 13.1. The smallest absolute Gasteiger partial charge is 0.512 e. The maximum absolute atomic E-state index is 8.92. The van der Waals surface area contributed by atoms with Gasteiger partial charge in [-0.15, -0.1) is 0 Å². The largest absolute Gasteiger partial charge is 2.00 e. The summed E-state index contributed by atoms with van der Waals surface area (Å²) in [7, 11) is 0. The summed E-state index contributed by atoms with van der Waals surface area (Å²) in [5.41, 5.74) is 1.61. The Hall–Kier alpha value is -2.03. The summed E-state index contributed by atoms with van der Waals surface area (Å²) in [6, 6.07) is 7.62. The first kappa shape index (κ1) is 25.0. The third-order valence-electron chi connectivity index (χ3n) is 2.42. The Morgan fingerprint density at radius 1 is 1.14 bits per heavy atom. The molecule has 1 aromatic rings. The monoisotopic (exact) mass is 348 g/mol. The van der Waals surface area contributed by atoms with Crippen molar-refractivity contribution in [2.45, 2.75) is 33.1 Å². The molecule has 22 heavy (non-hydrogen) atoms. The third-order valence-corrected chi connectivity index (χ3v) is 2.42. The van der Waals surface area contributed by atoms with Crippen molar-refractivity contribution in [2.24, 2.45) is 0 Å². The molecule has 5 nitrogen and oxygen atoms in total. The minimum Gasteiger partial charge on any atom is -0.512 e. The van der Waals surface area contributed by atoms with Crippen molar-refractivity contribution < 1.29 is 26.5 Å². The number of hydrogen-bond acceptors (Lipinski definition) is 5. The first-order valence-corrected chi connectivity index (χ1v) is 6.19. The number of hydrogen-bond donors (Lipinski definition) is 0. The maximum atomic E-state index is 8.92. The van der Waals surface area contributed by atoms with Crippen LogP contribution >= 0.6 is 0 Å². The molecule has 0 N–H and O–H groups in total. The van der Waals surface area contributed by atoms with Crippen LogP contribution in [-0.2, 0) is 27.2 Å². The van der Waals surface area contributed by atoms with E-state index < -0.39 is 0 Å². The van der Waals surface area contributed by atoms with Gasteiger partial charge < -0.3 is 33.1 Å². The van der Waals surface area contributed by atoms with E-state index in [0.29, 0.717) is 12.2 Å². The molecular weight excluding hydrogens is 330 g/mol. The third kappa shape index (κ3) is 9.01. The first-order valence-electron chi connectivity index (χ1n) is 6.19. The summed E-state index contributed by atoms with van der Waals surface area (Å²) < 4.78 is 10.7. The van der Waals surface area contributed by atoms with Crippen LogP contribution in [0.1, 0.15) is 38.8 Å². The predicted molar refractivity (Wildman–Crippen MR) is 76.9 cm³/mol. The second-order valence-electron chi connectivity index (χ2n) is 4.83. The molecule has 0 unspecified atom stereocenters. The molecule has 0 bridgehead atoms. The molecule has 121 valence electrons. The van der Waals surface area contributed by atoms with Crippen LogP contribution < -0.4 is 4.74 Å². The summed E-state index contributed by atoms with van der Waals surface area (Å²) in [5, 5.41) is 21.4. The Balaban J connectivity index is -0.000000665. The van der Waals surface area contributed by atoms with Crippen LogP contribution in [0.2, 0.25) is 0 Å². The van der Waals surface area contributed by atoms with Gasteiger partial charge in [0.1, 0.15) is 5.75 Å². The van der Waals surface area contributed by atoms with Crippen LogP contribution in [0.15, 0.2) is 18.2 Å². The molecule has 0 heterocycles. The first-order chi connectivity index (χ1) is 9.99. The second kappa shape index (κ2) is 13.9. The van der Waals surface area contributed by atoms with Crippen LogP contribution in [0, 0.1) is 35.0 Å². The van der Waals surface area contributed by atoms with Gasteiger partial charge >= 0.3 is 17.1 Å². The molecule has 1 aromatic carbocycles. The number of nitrogens with zero attached hydrogens (tertiary/aromatic N) is 3. The zero-order valence-corrected chi connectivity index (χ0v) is 14.0. The van der Waals surface area contributed by atoms with Gasteiger partial charge in [0.05, 0.1) is 11.6 Å². The van der Waals surface area contributed by atoms with Gasteiger partial charge in [-0.25, -0.2) is 0 Å². The fourth-order valence-corrected chi connectivity index (χ4v) is 1.50. The van der Waals surface area contributed by atoms with Crippen molar-refractivity contribution in [3.63, 3.8) is 0 Å². The summed E-state index contributed by atoms with van der Waals surface area (Å²) in [6.07, 6.45) is 0. The summed E-state index contributed by atoms with van der Waals surface area (Å²) in [6.45, 7) is 18.6. The SMILES string of the molecule is CCOCOc1ccc(C#N)cc1C(C)(C)C.[C-]#N.[C-]#N.[Cu+2]. The minimum absolute atomic E-state index is 0. The normalized spacial score (nSPS) is 8.68. The molecule has 0 aliphatic carbocycles. The van der Waals surface area contributed by atoms with Gasteiger partial charge in [-0.2, -0.15) is 5.26 Å². The van der Waals surface area contributed by atoms with Crippen LogP contribution in [0.4, 0.5) is 0 Å². The van der Waals surface area contributed by atoms with Crippen molar-refractivity contribution in [1.82, 2.24) is 0 Å². The van der Waals surface area contributed by atoms with Crippen LogP contribution in [0.5, 0.6) is 5.75 Å². The maximum Gasteiger partial charge on any atom is 2.00 e. The average molecular weight is 349 g/mol. The van der Waals surface area contributed by atoms with E-state index in [1.807, 2.05) is 19.1 Å². The van der Waals surface area contributed by atoms with E-state index in [4.69, 9.17) is 38.4 Å². The molecule has 0 saturated heterocycles. The Bertz CT molecular complexity index is 494. The van der Waals surface area contributed by atoms with Gasteiger partial charge in [-0.05, 0) is 30.5 Å². The number of ether oxygens (including phenoxy) is 2. The van der Waals surface area contributed by atoms with Gasteiger partial charge in [0.25, 0.3) is 0 Å². The topological polar surface area (TPSA) is 89.8 Å². The molecule has 0 spiro atoms. The number of rotatable bonds is 4. The van der Waals surface area contributed by atoms with E-state index >= 15 is 0 Å². The van der Waals surface area contributed by atoms with E-state index in [2.05, 4.69) is 26.8 Å². The van der Waals surface area contributed by atoms with Gasteiger partial charge in [-0.3, -0.25) is 0 Å². The fraction of sp³-hybridized carbons (Fsp3) is 0.438. The van der Waals surface area contributed by atoms with Crippen LogP contribution in [0.25, 0.3) is 0 Å². The van der Waals surface area contributed by atoms with Crippen molar-refractivity contribution in [2.75, 3.05) is 13.4 Å². The molecule has 0 aromatic heterocycles. The molecule has 0 atom stereocenters. The summed E-state index contributed by atoms with van der Waals surface area (Å²) >= 11 is 0. The minimum atomic E-state index is -0.0611. The van der Waals surface area contributed by atoms with Crippen molar-refractivity contribution in [1.29, 1.82) is 15.8 Å². The summed E-state index contributed by atoms with van der Waals surface area (Å²) in [5.74, 6) is 0.782. The Morgan fingerprint density at radius 3 is 2.09 bits per heavy atom. The van der Waals surface area contributed by atoms with Gasteiger partial charge in [0.15, 0.2) is 6.79 Å². The van der Waals surface area contributed by atoms with Crippen molar-refractivity contribution in [3.8, 4) is 11.8 Å². The summed E-state index contributed by atoms with van der Waals surface area (Å²) in [4.78, 5) is 0. The van der Waals surface area contributed by atoms with Gasteiger partial charge in [-0.1, -0.05) is 20.8 Å². The molecule has 1 rings (SSSR count). The number of nitriles is 1. The molecule has 0 aliphatic heterocycles. The molecule has 0 amide bonds. The Morgan fingerprint density at radius 2 is 1.68 bits per heavy atom. The standard InChI is InChI=1S/C14H19NO2.2CN.Cu/c1-5-16-10-17-13-7-6-11(9-15)8-12(13)14(2,3)4;2*1-2;/h6-8H,5,10H2,1-4H3;;;/q;2*-1;+2. The molecule has 0 saturated carbocycles. The van der Waals surface area contributed by atoms with E-state index in [-0.39, 0.29) is 29.3 Å². The fourth-order valence-electron chi connectivity index (χ4n) is 1.50. The molecule has 1 radical (unpaired) electrons. The average Bonchev–Trinajstić information content (AvgIpc) is 2.51. The van der Waals surface area contributed by atoms with Crippen molar-refractivity contribution in [3.05, 3.63) is 42.5 Å². The van der Waals surface area contributed by atoms with E-state index in [1.165, 1.54) is 0 Å². The second-order valence-corrected chi connectivity index (χ2v) is 4.83. The molecule has 0 fully saturated rings. The molecule has 6 heteroatoms. The van der Waals surface area contributed by atoms with Crippen molar-refractivity contribution >= 4 is 0 Å². The molecular formula is C16H19CuN3O2. The van der Waals surface area contributed by atoms with Crippen LogP contribution in [0.3, 0.4) is 0 Å². The van der Waals surface area contributed by atoms with Gasteiger partial charge in [0, 0.05) is 12.2 Å². The quantitative estimate of drug-likeness (QED) is 0.360. The Kier molecular flexibility index (Phi) is 15.8. The van der Waals surface area contributed by atoms with E-state index in [1.54, 1.807) is 6.07 Å².